The van der Waals surface area contributed by atoms with Crippen molar-refractivity contribution < 1.29 is 19.4 Å². The number of ether oxygens (including phenoxy) is 1. The normalized spacial score (nSPS) is 20.5. The van der Waals surface area contributed by atoms with Crippen LogP contribution in [0.1, 0.15) is 16.9 Å². The molecule has 1 atom stereocenters. The van der Waals surface area contributed by atoms with Gasteiger partial charge >= 0.3 is 5.97 Å². The molecule has 1 aliphatic rings. The van der Waals surface area contributed by atoms with Crippen molar-refractivity contribution in [3.63, 3.8) is 0 Å². The lowest BCUT2D eigenvalue weighted by Crippen LogP contribution is -2.40. The van der Waals surface area contributed by atoms with Crippen molar-refractivity contribution in [3.05, 3.63) is 27.5 Å². The minimum absolute atomic E-state index is 0.0854. The van der Waals surface area contributed by atoms with Gasteiger partial charge in [-0.1, -0.05) is 11.6 Å². The first-order valence-corrected chi connectivity index (χ1v) is 9.25. The molecular weight excluding hydrogens is 372 g/mol. The van der Waals surface area contributed by atoms with E-state index >= 15 is 0 Å². The van der Waals surface area contributed by atoms with E-state index in [0.29, 0.717) is 23.0 Å². The van der Waals surface area contributed by atoms with Gasteiger partial charge in [0.25, 0.3) is 5.91 Å². The number of carbonyl (C=O) groups excluding carboxylic acids is 1. The molecule has 2 aromatic heterocycles. The quantitative estimate of drug-likeness (QED) is 0.854. The summed E-state index contributed by atoms with van der Waals surface area (Å²) in [6, 6.07) is 3.65. The van der Waals surface area contributed by atoms with Crippen molar-refractivity contribution in [1.29, 1.82) is 0 Å². The van der Waals surface area contributed by atoms with Crippen molar-refractivity contribution in [1.82, 2.24) is 9.88 Å². The summed E-state index contributed by atoms with van der Waals surface area (Å²) >= 11 is 8.70. The van der Waals surface area contributed by atoms with E-state index in [1.165, 1.54) is 34.7 Å². The molecule has 1 aliphatic heterocycles. The molecule has 1 N–H and O–H groups in total. The van der Waals surface area contributed by atoms with Gasteiger partial charge in [0, 0.05) is 25.6 Å². The second-order valence-corrected chi connectivity index (χ2v) is 8.21. The molecule has 128 valence electrons. The van der Waals surface area contributed by atoms with Crippen LogP contribution >= 0.6 is 34.3 Å². The second-order valence-electron chi connectivity index (χ2n) is 5.64. The summed E-state index contributed by atoms with van der Waals surface area (Å²) in [4.78, 5) is 31.0. The highest BCUT2D eigenvalue weighted by molar-refractivity contribution is 7.23. The molecule has 1 unspecified atom stereocenters. The third-order valence-corrected chi connectivity index (χ3v) is 6.27. The Hall–Kier alpha value is -1.48. The number of aromatic nitrogens is 1. The van der Waals surface area contributed by atoms with Crippen molar-refractivity contribution in [2.24, 2.45) is 5.41 Å². The van der Waals surface area contributed by atoms with Crippen LogP contribution in [0.5, 0.6) is 0 Å². The fraction of sp³-hybridized carbons (Fsp3) is 0.400. The van der Waals surface area contributed by atoms with Gasteiger partial charge in [0.2, 0.25) is 0 Å². The maximum Gasteiger partial charge on any atom is 0.313 e. The van der Waals surface area contributed by atoms with Crippen molar-refractivity contribution in [3.8, 4) is 9.88 Å². The summed E-state index contributed by atoms with van der Waals surface area (Å²) in [6.07, 6.45) is 0.374. The summed E-state index contributed by atoms with van der Waals surface area (Å²) in [5.74, 6) is -1.19. The molecule has 0 radical (unpaired) electrons. The zero-order valence-corrected chi connectivity index (χ0v) is 15.2. The number of likely N-dealkylation sites (tertiary alicyclic amines) is 1. The van der Waals surface area contributed by atoms with Crippen LogP contribution in [0.4, 0.5) is 0 Å². The van der Waals surface area contributed by atoms with Crippen LogP contribution in [0, 0.1) is 5.41 Å². The van der Waals surface area contributed by atoms with E-state index < -0.39 is 11.4 Å². The molecule has 1 amide bonds. The minimum atomic E-state index is -1.04. The van der Waals surface area contributed by atoms with E-state index in [2.05, 4.69) is 4.98 Å². The maximum absolute atomic E-state index is 12.6. The number of thiophene rings is 1. The topological polar surface area (TPSA) is 79.7 Å². The smallest absolute Gasteiger partial charge is 0.313 e. The molecule has 6 nitrogen and oxygen atoms in total. The van der Waals surface area contributed by atoms with Gasteiger partial charge in [0.05, 0.1) is 15.8 Å². The van der Waals surface area contributed by atoms with Gasteiger partial charge in [-0.3, -0.25) is 9.59 Å². The summed E-state index contributed by atoms with van der Waals surface area (Å²) in [7, 11) is 1.47. The standard InChI is InChI=1S/C15H15ClN2O4S2/c1-22-8-15(14(20)21)4-5-18(7-15)13(19)9-6-23-12(17-9)10-2-3-11(16)24-10/h2-3,6H,4-5,7-8H2,1H3,(H,20,21). The summed E-state index contributed by atoms with van der Waals surface area (Å²) < 4.78 is 5.71. The van der Waals surface area contributed by atoms with Crippen LogP contribution in [-0.2, 0) is 9.53 Å². The van der Waals surface area contributed by atoms with Gasteiger partial charge in [-0.2, -0.15) is 0 Å². The Morgan fingerprint density at radius 3 is 2.92 bits per heavy atom. The number of thiazole rings is 1. The van der Waals surface area contributed by atoms with Crippen molar-refractivity contribution in [2.45, 2.75) is 6.42 Å². The van der Waals surface area contributed by atoms with Gasteiger partial charge < -0.3 is 14.7 Å². The third-order valence-electron chi connectivity index (χ3n) is 4.02. The Morgan fingerprint density at radius 1 is 1.50 bits per heavy atom. The number of aliphatic carboxylic acids is 1. The zero-order valence-electron chi connectivity index (χ0n) is 12.8. The van der Waals surface area contributed by atoms with Crippen LogP contribution in [0.2, 0.25) is 4.34 Å². The molecule has 2 aromatic rings. The highest BCUT2D eigenvalue weighted by atomic mass is 35.5. The molecule has 3 rings (SSSR count). The number of carboxylic acids is 1. The number of methoxy groups -OCH3 is 1. The highest BCUT2D eigenvalue weighted by Gasteiger charge is 2.46. The maximum atomic E-state index is 12.6. The van der Waals surface area contributed by atoms with Gasteiger partial charge in [0.1, 0.15) is 16.1 Å². The van der Waals surface area contributed by atoms with Crippen molar-refractivity contribution >= 4 is 46.2 Å². The average molecular weight is 387 g/mol. The van der Waals surface area contributed by atoms with Crippen LogP contribution in [0.25, 0.3) is 9.88 Å². The third kappa shape index (κ3) is 3.19. The number of halogens is 1. The fourth-order valence-corrected chi connectivity index (χ4v) is 4.66. The number of carbonyl (C=O) groups is 2. The molecule has 0 saturated carbocycles. The molecule has 0 aliphatic carbocycles. The summed E-state index contributed by atoms with van der Waals surface area (Å²) in [5.41, 5.74) is -0.706. The predicted molar refractivity (Wildman–Crippen MR) is 92.9 cm³/mol. The highest BCUT2D eigenvalue weighted by Crippen LogP contribution is 2.35. The first-order valence-electron chi connectivity index (χ1n) is 7.18. The van der Waals surface area contributed by atoms with E-state index in [-0.39, 0.29) is 19.1 Å². The monoisotopic (exact) mass is 386 g/mol. The Bertz CT molecular complexity index is 775. The number of nitrogens with zero attached hydrogens (tertiary/aromatic N) is 2. The fourth-order valence-electron chi connectivity index (χ4n) is 2.75. The van der Waals surface area contributed by atoms with Gasteiger partial charge in [0.15, 0.2) is 0 Å². The van der Waals surface area contributed by atoms with E-state index in [0.717, 1.165) is 9.88 Å². The first kappa shape index (κ1) is 17.3. The second kappa shape index (κ2) is 6.79. The lowest BCUT2D eigenvalue weighted by atomic mass is 9.88. The van der Waals surface area contributed by atoms with E-state index in [1.807, 2.05) is 6.07 Å². The van der Waals surface area contributed by atoms with E-state index in [4.69, 9.17) is 16.3 Å². The first-order chi connectivity index (χ1) is 11.4. The zero-order chi connectivity index (χ0) is 17.3. The molecule has 1 saturated heterocycles. The van der Waals surface area contributed by atoms with E-state index in [1.54, 1.807) is 11.4 Å². The Kier molecular flexibility index (Phi) is 4.91. The average Bonchev–Trinajstić information content (AvgIpc) is 3.25. The summed E-state index contributed by atoms with van der Waals surface area (Å²) in [6.45, 7) is 0.598. The van der Waals surface area contributed by atoms with E-state index in [9.17, 15) is 14.7 Å². The number of carboxylic acid groups (broad SMARTS) is 1. The minimum Gasteiger partial charge on any atom is -0.481 e. The Balaban J connectivity index is 1.76. The number of hydrogen-bond donors (Lipinski definition) is 1. The lowest BCUT2D eigenvalue weighted by Gasteiger charge is -2.23. The predicted octanol–water partition coefficient (Wildman–Crippen LogP) is 3.09. The number of hydrogen-bond acceptors (Lipinski definition) is 6. The van der Waals surface area contributed by atoms with Crippen molar-refractivity contribution in [2.75, 3.05) is 26.8 Å². The SMILES string of the molecule is COCC1(C(=O)O)CCN(C(=O)c2csc(-c3ccc(Cl)s3)n2)C1. The molecular formula is C15H15ClN2O4S2. The number of amides is 1. The van der Waals surface area contributed by atoms with Gasteiger partial charge in [-0.05, 0) is 18.6 Å². The summed E-state index contributed by atoms with van der Waals surface area (Å²) in [5, 5.41) is 11.9. The van der Waals surface area contributed by atoms with Crippen LogP contribution in [0.3, 0.4) is 0 Å². The molecule has 0 bridgehead atoms. The molecule has 24 heavy (non-hydrogen) atoms. The molecule has 1 fully saturated rings. The van der Waals surface area contributed by atoms with Crippen LogP contribution in [-0.4, -0.2) is 53.7 Å². The lowest BCUT2D eigenvalue weighted by molar-refractivity contribution is -0.151. The molecule has 0 spiro atoms. The van der Waals surface area contributed by atoms with Crippen LogP contribution in [0.15, 0.2) is 17.5 Å². The Morgan fingerprint density at radius 2 is 2.29 bits per heavy atom. The van der Waals surface area contributed by atoms with Crippen LogP contribution < -0.4 is 0 Å². The molecule has 3 heterocycles. The Labute approximate surface area is 151 Å². The van der Waals surface area contributed by atoms with Gasteiger partial charge in [-0.25, -0.2) is 4.98 Å². The molecule has 0 aromatic carbocycles. The number of rotatable bonds is 5. The molecule has 9 heteroatoms. The largest absolute Gasteiger partial charge is 0.481 e. The van der Waals surface area contributed by atoms with Gasteiger partial charge in [-0.15, -0.1) is 22.7 Å².